The van der Waals surface area contributed by atoms with Crippen LogP contribution in [0.5, 0.6) is 5.75 Å². The summed E-state index contributed by atoms with van der Waals surface area (Å²) in [5, 5.41) is 9.51. The van der Waals surface area contributed by atoms with Crippen LogP contribution in [0.25, 0.3) is 0 Å². The van der Waals surface area contributed by atoms with Crippen molar-refractivity contribution < 1.29 is 23.7 Å². The van der Waals surface area contributed by atoms with Crippen LogP contribution in [0.1, 0.15) is 60.1 Å². The van der Waals surface area contributed by atoms with Crippen molar-refractivity contribution in [3.8, 4) is 5.75 Å². The minimum Gasteiger partial charge on any atom is -0.467 e. The third kappa shape index (κ3) is 6.42. The van der Waals surface area contributed by atoms with Gasteiger partial charge in [0, 0.05) is 7.11 Å². The zero-order valence-electron chi connectivity index (χ0n) is 19.0. The Kier molecular flexibility index (Phi) is 9.11. The van der Waals surface area contributed by atoms with Gasteiger partial charge in [0.05, 0.1) is 12.8 Å². The van der Waals surface area contributed by atoms with Gasteiger partial charge in [-0.3, -0.25) is 4.57 Å². The molecule has 5 nitrogen and oxygen atoms in total. The van der Waals surface area contributed by atoms with Gasteiger partial charge >= 0.3 is 0 Å². The lowest BCUT2D eigenvalue weighted by molar-refractivity contribution is 0.0502. The molecule has 2 aromatic carbocycles. The minimum atomic E-state index is -3.04. The van der Waals surface area contributed by atoms with Gasteiger partial charge in [0.1, 0.15) is 12.1 Å². The Hall–Kier alpha value is -1.65. The van der Waals surface area contributed by atoms with E-state index in [2.05, 4.69) is 52.0 Å². The topological polar surface area (TPSA) is 65.0 Å². The third-order valence-corrected chi connectivity index (χ3v) is 7.18. The molecule has 30 heavy (non-hydrogen) atoms. The molecule has 0 aliphatic rings. The highest BCUT2D eigenvalue weighted by atomic mass is 31.2. The molecule has 2 aromatic rings. The van der Waals surface area contributed by atoms with Crippen LogP contribution in [-0.4, -0.2) is 32.0 Å². The van der Waals surface area contributed by atoms with E-state index >= 15 is 0 Å². The largest absolute Gasteiger partial charge is 0.467 e. The van der Waals surface area contributed by atoms with Gasteiger partial charge in [-0.25, -0.2) is 0 Å². The Morgan fingerprint density at radius 3 is 2.27 bits per heavy atom. The van der Waals surface area contributed by atoms with Crippen LogP contribution < -0.4 is 4.74 Å². The van der Waals surface area contributed by atoms with Crippen molar-refractivity contribution in [2.45, 2.75) is 53.1 Å². The fourth-order valence-corrected chi connectivity index (χ4v) is 5.20. The Labute approximate surface area is 180 Å². The second-order valence-corrected chi connectivity index (χ2v) is 10.5. The highest BCUT2D eigenvalue weighted by molar-refractivity contribution is 7.57. The van der Waals surface area contributed by atoms with E-state index in [1.807, 2.05) is 6.07 Å². The number of hydrogen-bond donors (Lipinski definition) is 1. The predicted molar refractivity (Wildman–Crippen MR) is 122 cm³/mol. The van der Waals surface area contributed by atoms with E-state index < -0.39 is 13.7 Å². The van der Waals surface area contributed by atoms with Gasteiger partial charge in [0.2, 0.25) is 7.37 Å². The number of aliphatic hydroxyl groups is 1. The molecule has 0 amide bonds. The summed E-state index contributed by atoms with van der Waals surface area (Å²) < 4.78 is 28.8. The minimum absolute atomic E-state index is 0.234. The molecule has 0 heterocycles. The van der Waals surface area contributed by atoms with Crippen LogP contribution in [0.4, 0.5) is 0 Å². The van der Waals surface area contributed by atoms with Crippen LogP contribution in [0.15, 0.2) is 30.3 Å². The van der Waals surface area contributed by atoms with Crippen molar-refractivity contribution in [3.63, 3.8) is 0 Å². The molecule has 0 aliphatic carbocycles. The van der Waals surface area contributed by atoms with E-state index in [1.54, 1.807) is 14.0 Å². The van der Waals surface area contributed by atoms with Crippen molar-refractivity contribution in [3.05, 3.63) is 63.7 Å². The van der Waals surface area contributed by atoms with Gasteiger partial charge in [-0.1, -0.05) is 38.1 Å². The SMILES string of the molecule is CCOP(=O)(CO)Cc1cc(C)c(Cc2ccc(OCOC)c(C(C)C)c2)c(C)c1. The first-order valence-corrected chi connectivity index (χ1v) is 12.4. The van der Waals surface area contributed by atoms with Gasteiger partial charge in [-0.15, -0.1) is 0 Å². The van der Waals surface area contributed by atoms with Crippen molar-refractivity contribution in [2.75, 3.05) is 26.9 Å². The van der Waals surface area contributed by atoms with E-state index in [0.29, 0.717) is 12.5 Å². The lowest BCUT2D eigenvalue weighted by atomic mass is 9.92. The van der Waals surface area contributed by atoms with Gasteiger partial charge in [-0.2, -0.15) is 0 Å². The number of hydrogen-bond acceptors (Lipinski definition) is 5. The third-order valence-electron chi connectivity index (χ3n) is 5.17. The van der Waals surface area contributed by atoms with E-state index in [4.69, 9.17) is 14.0 Å². The molecule has 0 saturated carbocycles. The summed E-state index contributed by atoms with van der Waals surface area (Å²) in [6.45, 7) is 10.8. The van der Waals surface area contributed by atoms with Gasteiger partial charge in [0.15, 0.2) is 6.79 Å². The summed E-state index contributed by atoms with van der Waals surface area (Å²) in [5.41, 5.74) is 6.88. The van der Waals surface area contributed by atoms with Crippen LogP contribution >= 0.6 is 7.37 Å². The second kappa shape index (κ2) is 11.1. The number of aryl methyl sites for hydroxylation is 2. The first-order chi connectivity index (χ1) is 14.2. The Morgan fingerprint density at radius 2 is 1.73 bits per heavy atom. The van der Waals surface area contributed by atoms with Crippen LogP contribution in [0, 0.1) is 13.8 Å². The van der Waals surface area contributed by atoms with Crippen molar-refractivity contribution in [1.29, 1.82) is 0 Å². The van der Waals surface area contributed by atoms with E-state index in [-0.39, 0.29) is 13.0 Å². The maximum atomic E-state index is 12.7. The molecule has 0 radical (unpaired) electrons. The molecule has 1 N–H and O–H groups in total. The summed E-state index contributed by atoms with van der Waals surface area (Å²) in [6, 6.07) is 10.4. The quantitative estimate of drug-likeness (QED) is 0.360. The fourth-order valence-electron chi connectivity index (χ4n) is 3.72. The molecule has 0 saturated heterocycles. The monoisotopic (exact) mass is 434 g/mol. The second-order valence-electron chi connectivity index (χ2n) is 7.99. The molecule has 2 rings (SSSR count). The van der Waals surface area contributed by atoms with Crippen molar-refractivity contribution >= 4 is 7.37 Å². The van der Waals surface area contributed by atoms with Gasteiger partial charge < -0.3 is 19.1 Å². The van der Waals surface area contributed by atoms with Gasteiger partial charge in [-0.05, 0) is 72.6 Å². The summed E-state index contributed by atoms with van der Waals surface area (Å²) >= 11 is 0. The maximum Gasteiger partial charge on any atom is 0.231 e. The normalized spacial score (nSPS) is 13.5. The van der Waals surface area contributed by atoms with Crippen LogP contribution in [-0.2, 0) is 26.4 Å². The highest BCUT2D eigenvalue weighted by Gasteiger charge is 2.23. The first-order valence-electron chi connectivity index (χ1n) is 10.4. The number of benzene rings is 2. The number of aliphatic hydroxyl groups excluding tert-OH is 1. The zero-order valence-corrected chi connectivity index (χ0v) is 19.9. The number of methoxy groups -OCH3 is 1. The maximum absolute atomic E-state index is 12.7. The Bertz CT molecular complexity index is 868. The summed E-state index contributed by atoms with van der Waals surface area (Å²) in [6.07, 6.45) is 0.629. The fraction of sp³-hybridized carbons (Fsp3) is 0.500. The predicted octanol–water partition coefficient (Wildman–Crippen LogP) is 5.76. The van der Waals surface area contributed by atoms with E-state index in [1.165, 1.54) is 11.1 Å². The molecule has 0 aliphatic heterocycles. The lowest BCUT2D eigenvalue weighted by Gasteiger charge is -2.19. The average molecular weight is 435 g/mol. The first kappa shape index (κ1) is 24.6. The zero-order chi connectivity index (χ0) is 22.3. The molecule has 0 fully saturated rings. The molecular weight excluding hydrogens is 399 g/mol. The lowest BCUT2D eigenvalue weighted by Crippen LogP contribution is -2.04. The summed E-state index contributed by atoms with van der Waals surface area (Å²) in [7, 11) is -1.43. The van der Waals surface area contributed by atoms with Gasteiger partial charge in [0.25, 0.3) is 0 Å². The summed E-state index contributed by atoms with van der Waals surface area (Å²) in [5.74, 6) is 1.20. The molecule has 0 bridgehead atoms. The Balaban J connectivity index is 2.29. The average Bonchev–Trinajstić information content (AvgIpc) is 2.69. The molecule has 0 spiro atoms. The molecule has 0 aromatic heterocycles. The summed E-state index contributed by atoms with van der Waals surface area (Å²) in [4.78, 5) is 0. The standard InChI is InChI=1S/C24H35O5P/c1-7-29-30(26,15-25)14-21-10-18(4)23(19(5)11-21)13-20-8-9-24(28-16-27-6)22(12-20)17(2)3/h8-12,17,25H,7,13-16H2,1-6H3. The van der Waals surface area contributed by atoms with Crippen LogP contribution in [0.3, 0.4) is 0 Å². The van der Waals surface area contributed by atoms with Crippen LogP contribution in [0.2, 0.25) is 0 Å². The smallest absolute Gasteiger partial charge is 0.231 e. The highest BCUT2D eigenvalue weighted by Crippen LogP contribution is 2.49. The van der Waals surface area contributed by atoms with E-state index in [0.717, 1.165) is 34.4 Å². The van der Waals surface area contributed by atoms with Crippen molar-refractivity contribution in [1.82, 2.24) is 0 Å². The van der Waals surface area contributed by atoms with E-state index in [9.17, 15) is 9.67 Å². The number of rotatable bonds is 11. The number of ether oxygens (including phenoxy) is 2. The molecule has 166 valence electrons. The molecule has 1 unspecified atom stereocenters. The van der Waals surface area contributed by atoms with Crippen molar-refractivity contribution in [2.24, 2.45) is 0 Å². The Morgan fingerprint density at radius 1 is 1.07 bits per heavy atom. The molecular formula is C24H35O5P. The molecule has 1 atom stereocenters. The molecule has 6 heteroatoms.